The first kappa shape index (κ1) is 22.1. The number of aromatic amines is 1. The van der Waals surface area contributed by atoms with Crippen LogP contribution in [0.4, 0.5) is 0 Å². The standard InChI is InChI=1S/C27H22BrN3O3/c1-16(32)31-24(17-8-11-20(34-2)12-9-17)15-23(30-31)26-25(18-6-4-3-5-7-18)21-14-19(28)10-13-22(21)29-27(26)33/h3-14,24H,15H2,1-2H3,(H,29,33)/t24-/m0/s1. The number of fused-ring (bicyclic) bond motifs is 1. The average molecular weight is 516 g/mol. The molecule has 7 heteroatoms. The van der Waals surface area contributed by atoms with E-state index in [1.807, 2.05) is 72.8 Å². The Kier molecular flexibility index (Phi) is 5.79. The third kappa shape index (κ3) is 3.92. The number of nitrogens with one attached hydrogen (secondary N) is 1. The van der Waals surface area contributed by atoms with E-state index < -0.39 is 0 Å². The summed E-state index contributed by atoms with van der Waals surface area (Å²) < 4.78 is 6.18. The molecule has 1 atom stereocenters. The summed E-state index contributed by atoms with van der Waals surface area (Å²) in [4.78, 5) is 29.0. The lowest BCUT2D eigenvalue weighted by molar-refractivity contribution is -0.130. The molecule has 34 heavy (non-hydrogen) atoms. The first-order valence-electron chi connectivity index (χ1n) is 10.9. The second-order valence-corrected chi connectivity index (χ2v) is 9.08. The highest BCUT2D eigenvalue weighted by Crippen LogP contribution is 2.37. The van der Waals surface area contributed by atoms with Gasteiger partial charge < -0.3 is 9.72 Å². The number of ether oxygens (including phenoxy) is 1. The molecule has 170 valence electrons. The van der Waals surface area contributed by atoms with Gasteiger partial charge in [-0.2, -0.15) is 5.10 Å². The normalized spacial score (nSPS) is 15.4. The van der Waals surface area contributed by atoms with E-state index in [4.69, 9.17) is 4.74 Å². The van der Waals surface area contributed by atoms with Crippen LogP contribution in [-0.2, 0) is 4.79 Å². The molecular weight excluding hydrogens is 494 g/mol. The van der Waals surface area contributed by atoms with Gasteiger partial charge in [0.15, 0.2) is 0 Å². The Bertz CT molecular complexity index is 1480. The van der Waals surface area contributed by atoms with Crippen LogP contribution in [-0.4, -0.2) is 28.7 Å². The Labute approximate surface area is 205 Å². The summed E-state index contributed by atoms with van der Waals surface area (Å²) in [6, 6.07) is 22.9. The van der Waals surface area contributed by atoms with Crippen molar-refractivity contribution in [2.45, 2.75) is 19.4 Å². The molecule has 6 nitrogen and oxygen atoms in total. The highest BCUT2D eigenvalue weighted by atomic mass is 79.9. The van der Waals surface area contributed by atoms with Crippen LogP contribution in [0.5, 0.6) is 5.75 Å². The van der Waals surface area contributed by atoms with Crippen LogP contribution >= 0.6 is 15.9 Å². The molecule has 0 radical (unpaired) electrons. The van der Waals surface area contributed by atoms with E-state index in [0.29, 0.717) is 17.7 Å². The third-order valence-electron chi connectivity index (χ3n) is 6.06. The molecular formula is C27H22BrN3O3. The van der Waals surface area contributed by atoms with Gasteiger partial charge in [-0.15, -0.1) is 0 Å². The van der Waals surface area contributed by atoms with Gasteiger partial charge in [0.2, 0.25) is 5.91 Å². The Hall–Kier alpha value is -3.71. The topological polar surface area (TPSA) is 74.8 Å². The zero-order chi connectivity index (χ0) is 23.8. The molecule has 0 fully saturated rings. The number of rotatable bonds is 4. The molecule has 0 saturated carbocycles. The minimum Gasteiger partial charge on any atom is -0.497 e. The third-order valence-corrected chi connectivity index (χ3v) is 6.55. The van der Waals surface area contributed by atoms with E-state index in [1.165, 1.54) is 11.9 Å². The van der Waals surface area contributed by atoms with Gasteiger partial charge in [0.05, 0.1) is 24.4 Å². The van der Waals surface area contributed by atoms with Gasteiger partial charge in [-0.05, 0) is 41.5 Å². The number of H-pyrrole nitrogens is 1. The van der Waals surface area contributed by atoms with Crippen molar-refractivity contribution in [3.8, 4) is 16.9 Å². The molecule has 1 amide bonds. The van der Waals surface area contributed by atoms with Gasteiger partial charge in [-0.25, -0.2) is 5.01 Å². The van der Waals surface area contributed by atoms with Gasteiger partial charge in [-0.1, -0.05) is 58.4 Å². The largest absolute Gasteiger partial charge is 0.497 e. The van der Waals surface area contributed by atoms with Gasteiger partial charge in [0, 0.05) is 34.3 Å². The smallest absolute Gasteiger partial charge is 0.258 e. The van der Waals surface area contributed by atoms with E-state index >= 15 is 0 Å². The van der Waals surface area contributed by atoms with Crippen LogP contribution in [0.25, 0.3) is 22.0 Å². The van der Waals surface area contributed by atoms with Gasteiger partial charge >= 0.3 is 0 Å². The predicted octanol–water partition coefficient (Wildman–Crippen LogP) is 5.66. The summed E-state index contributed by atoms with van der Waals surface area (Å²) in [6.45, 7) is 1.49. The molecule has 0 aliphatic carbocycles. The highest BCUT2D eigenvalue weighted by Gasteiger charge is 2.34. The number of nitrogens with zero attached hydrogens (tertiary/aromatic N) is 2. The number of hydrogen-bond donors (Lipinski definition) is 1. The fourth-order valence-electron chi connectivity index (χ4n) is 4.48. The second-order valence-electron chi connectivity index (χ2n) is 8.16. The van der Waals surface area contributed by atoms with E-state index in [1.54, 1.807) is 7.11 Å². The predicted molar refractivity (Wildman–Crippen MR) is 137 cm³/mol. The summed E-state index contributed by atoms with van der Waals surface area (Å²) in [5, 5.41) is 7.04. The maximum atomic E-state index is 13.4. The number of hydrazone groups is 1. The number of methoxy groups -OCH3 is 1. The molecule has 0 spiro atoms. The Morgan fingerprint density at radius 2 is 1.79 bits per heavy atom. The molecule has 0 unspecified atom stereocenters. The number of aromatic nitrogens is 1. The molecule has 5 rings (SSSR count). The summed E-state index contributed by atoms with van der Waals surface area (Å²) in [5.74, 6) is 0.553. The average Bonchev–Trinajstić information content (AvgIpc) is 3.29. The Morgan fingerprint density at radius 1 is 1.06 bits per heavy atom. The number of amides is 1. The van der Waals surface area contributed by atoms with Crippen LogP contribution < -0.4 is 10.3 Å². The number of pyridine rings is 1. The molecule has 1 aliphatic heterocycles. The number of benzene rings is 3. The SMILES string of the molecule is COc1ccc([C@@H]2CC(c3c(-c4ccccc4)c4cc(Br)ccc4[nH]c3=O)=NN2C(C)=O)cc1. The molecule has 1 aromatic heterocycles. The number of halogens is 1. The van der Waals surface area contributed by atoms with Crippen LogP contribution in [0, 0.1) is 0 Å². The molecule has 3 aromatic carbocycles. The first-order valence-corrected chi connectivity index (χ1v) is 11.7. The maximum absolute atomic E-state index is 13.4. The van der Waals surface area contributed by atoms with E-state index in [9.17, 15) is 9.59 Å². The molecule has 2 heterocycles. The number of carbonyl (C=O) groups is 1. The molecule has 1 aliphatic rings. The summed E-state index contributed by atoms with van der Waals surface area (Å²) >= 11 is 3.56. The van der Waals surface area contributed by atoms with Crippen molar-refractivity contribution < 1.29 is 9.53 Å². The summed E-state index contributed by atoms with van der Waals surface area (Å²) in [7, 11) is 1.61. The molecule has 4 aromatic rings. The van der Waals surface area contributed by atoms with E-state index in [2.05, 4.69) is 26.0 Å². The van der Waals surface area contributed by atoms with Crippen LogP contribution in [0.2, 0.25) is 0 Å². The monoisotopic (exact) mass is 515 g/mol. The highest BCUT2D eigenvalue weighted by molar-refractivity contribution is 9.10. The lowest BCUT2D eigenvalue weighted by Gasteiger charge is -2.20. The number of carbonyl (C=O) groups excluding carboxylic acids is 1. The minimum absolute atomic E-state index is 0.183. The van der Waals surface area contributed by atoms with Crippen molar-refractivity contribution in [3.05, 3.63) is 98.7 Å². The van der Waals surface area contributed by atoms with Crippen LogP contribution in [0.15, 0.2) is 87.2 Å². The Balaban J connectivity index is 1.71. The van der Waals surface area contributed by atoms with E-state index in [-0.39, 0.29) is 17.5 Å². The molecule has 1 N–H and O–H groups in total. The van der Waals surface area contributed by atoms with Crippen molar-refractivity contribution in [1.82, 2.24) is 9.99 Å². The van der Waals surface area contributed by atoms with Crippen molar-refractivity contribution in [1.29, 1.82) is 0 Å². The zero-order valence-electron chi connectivity index (χ0n) is 18.7. The molecule has 0 saturated heterocycles. The second kappa shape index (κ2) is 8.91. The van der Waals surface area contributed by atoms with Gasteiger partial charge in [-0.3, -0.25) is 9.59 Å². The van der Waals surface area contributed by atoms with Crippen molar-refractivity contribution in [2.24, 2.45) is 5.10 Å². The summed E-state index contributed by atoms with van der Waals surface area (Å²) in [6.07, 6.45) is 0.425. The Morgan fingerprint density at radius 3 is 2.47 bits per heavy atom. The van der Waals surface area contributed by atoms with Crippen molar-refractivity contribution >= 4 is 38.5 Å². The fourth-order valence-corrected chi connectivity index (χ4v) is 4.84. The van der Waals surface area contributed by atoms with Crippen LogP contribution in [0.3, 0.4) is 0 Å². The first-order chi connectivity index (χ1) is 16.5. The lowest BCUT2D eigenvalue weighted by Crippen LogP contribution is -2.24. The van der Waals surface area contributed by atoms with Crippen molar-refractivity contribution in [3.63, 3.8) is 0 Å². The van der Waals surface area contributed by atoms with Gasteiger partial charge in [0.25, 0.3) is 5.56 Å². The number of hydrogen-bond acceptors (Lipinski definition) is 4. The molecule has 0 bridgehead atoms. The maximum Gasteiger partial charge on any atom is 0.258 e. The van der Waals surface area contributed by atoms with Crippen LogP contribution in [0.1, 0.15) is 30.5 Å². The van der Waals surface area contributed by atoms with Crippen molar-refractivity contribution in [2.75, 3.05) is 7.11 Å². The zero-order valence-corrected chi connectivity index (χ0v) is 20.3. The van der Waals surface area contributed by atoms with E-state index in [0.717, 1.165) is 37.8 Å². The quantitative estimate of drug-likeness (QED) is 0.380. The van der Waals surface area contributed by atoms with Gasteiger partial charge in [0.1, 0.15) is 5.75 Å². The minimum atomic E-state index is -0.306. The lowest BCUT2D eigenvalue weighted by atomic mass is 9.91. The summed E-state index contributed by atoms with van der Waals surface area (Å²) in [5.41, 5.74) is 4.22. The fraction of sp³-hybridized carbons (Fsp3) is 0.148.